The van der Waals surface area contributed by atoms with E-state index in [1.165, 1.54) is 17.9 Å². The highest BCUT2D eigenvalue weighted by atomic mass is 32.2. The van der Waals surface area contributed by atoms with Crippen molar-refractivity contribution in [1.29, 1.82) is 0 Å². The Balaban J connectivity index is 1.80. The van der Waals surface area contributed by atoms with Crippen molar-refractivity contribution < 1.29 is 4.39 Å². The molecule has 0 amide bonds. The molecular weight excluding hydrogens is 255 g/mol. The zero-order chi connectivity index (χ0) is 11.7. The molecule has 0 spiro atoms. The zero-order valence-corrected chi connectivity index (χ0v) is 10.9. The molecule has 0 radical (unpaired) electrons. The molecule has 0 bridgehead atoms. The molecule has 1 aromatic carbocycles. The second kappa shape index (κ2) is 4.92. The summed E-state index contributed by atoms with van der Waals surface area (Å²) < 4.78 is 14.1. The van der Waals surface area contributed by atoms with Crippen molar-refractivity contribution in [2.24, 2.45) is 0 Å². The maximum absolute atomic E-state index is 13.1. The smallest absolute Gasteiger partial charge is 0.125 e. The molecule has 0 saturated carbocycles. The molecule has 3 rings (SSSR count). The molecule has 1 aromatic heterocycles. The van der Waals surface area contributed by atoms with Crippen molar-refractivity contribution >= 4 is 33.3 Å². The number of aromatic nitrogens is 1. The van der Waals surface area contributed by atoms with Crippen LogP contribution in [0.1, 0.15) is 5.01 Å². The molecule has 1 aliphatic heterocycles. The summed E-state index contributed by atoms with van der Waals surface area (Å²) in [4.78, 5) is 4.50. The fraction of sp³-hybridized carbons (Fsp3) is 0.417. The van der Waals surface area contributed by atoms with E-state index in [2.05, 4.69) is 10.3 Å². The summed E-state index contributed by atoms with van der Waals surface area (Å²) in [5, 5.41) is 4.60. The Morgan fingerprint density at radius 2 is 2.41 bits per heavy atom. The molecule has 90 valence electrons. The van der Waals surface area contributed by atoms with E-state index in [-0.39, 0.29) is 5.82 Å². The molecule has 1 fully saturated rings. The molecule has 5 heteroatoms. The number of thioether (sulfide) groups is 1. The van der Waals surface area contributed by atoms with Crippen molar-refractivity contribution in [1.82, 2.24) is 10.3 Å². The van der Waals surface area contributed by atoms with Crippen LogP contribution in [0.5, 0.6) is 0 Å². The van der Waals surface area contributed by atoms with Crippen LogP contribution < -0.4 is 5.32 Å². The topological polar surface area (TPSA) is 24.9 Å². The average Bonchev–Trinajstić information content (AvgIpc) is 2.71. The van der Waals surface area contributed by atoms with E-state index in [9.17, 15) is 4.39 Å². The maximum atomic E-state index is 13.1. The first-order chi connectivity index (χ1) is 8.31. The lowest BCUT2D eigenvalue weighted by molar-refractivity contribution is 0.562. The van der Waals surface area contributed by atoms with Gasteiger partial charge in [-0.3, -0.25) is 0 Å². The minimum absolute atomic E-state index is 0.208. The Hall–Kier alpha value is -0.650. The SMILES string of the molecule is Fc1ccc2sc(CC3CSCCN3)nc2c1. The number of rotatable bonds is 2. The van der Waals surface area contributed by atoms with Gasteiger partial charge in [0.25, 0.3) is 0 Å². The van der Waals surface area contributed by atoms with E-state index < -0.39 is 0 Å². The standard InChI is InChI=1S/C12H13FN2S2/c13-8-1-2-11-10(5-8)15-12(17-11)6-9-7-16-4-3-14-9/h1-2,5,9,14H,3-4,6-7H2. The minimum atomic E-state index is -0.208. The second-order valence-corrected chi connectivity index (χ2v) is 6.41. The van der Waals surface area contributed by atoms with Gasteiger partial charge in [0.05, 0.1) is 15.2 Å². The lowest BCUT2D eigenvalue weighted by Gasteiger charge is -2.21. The number of benzene rings is 1. The van der Waals surface area contributed by atoms with Crippen molar-refractivity contribution in [2.75, 3.05) is 18.1 Å². The summed E-state index contributed by atoms with van der Waals surface area (Å²) >= 11 is 3.66. The Kier molecular flexibility index (Phi) is 3.31. The van der Waals surface area contributed by atoms with Crippen molar-refractivity contribution in [3.63, 3.8) is 0 Å². The summed E-state index contributed by atoms with van der Waals surface area (Å²) in [5.41, 5.74) is 0.786. The van der Waals surface area contributed by atoms with Gasteiger partial charge in [0.2, 0.25) is 0 Å². The van der Waals surface area contributed by atoms with Gasteiger partial charge in [-0.15, -0.1) is 11.3 Å². The number of hydrogen-bond donors (Lipinski definition) is 1. The lowest BCUT2D eigenvalue weighted by Crippen LogP contribution is -2.38. The van der Waals surface area contributed by atoms with Crippen molar-refractivity contribution in [3.8, 4) is 0 Å². The van der Waals surface area contributed by atoms with Gasteiger partial charge in [0.1, 0.15) is 5.82 Å². The predicted octanol–water partition coefficient (Wildman–Crippen LogP) is 2.68. The third kappa shape index (κ3) is 2.61. The number of thiazole rings is 1. The third-order valence-corrected chi connectivity index (χ3v) is 5.00. The van der Waals surface area contributed by atoms with Crippen LogP contribution >= 0.6 is 23.1 Å². The fourth-order valence-electron chi connectivity index (χ4n) is 2.00. The zero-order valence-electron chi connectivity index (χ0n) is 9.28. The van der Waals surface area contributed by atoms with Crippen LogP contribution in [0.3, 0.4) is 0 Å². The quantitative estimate of drug-likeness (QED) is 0.906. The predicted molar refractivity (Wildman–Crippen MR) is 72.4 cm³/mol. The van der Waals surface area contributed by atoms with Crippen LogP contribution in [-0.2, 0) is 6.42 Å². The normalized spacial score (nSPS) is 20.9. The van der Waals surface area contributed by atoms with Gasteiger partial charge in [-0.2, -0.15) is 11.8 Å². The molecule has 1 atom stereocenters. The van der Waals surface area contributed by atoms with Crippen LogP contribution in [0.15, 0.2) is 18.2 Å². The Morgan fingerprint density at radius 1 is 1.47 bits per heavy atom. The highest BCUT2D eigenvalue weighted by Crippen LogP contribution is 2.24. The molecule has 2 heterocycles. The average molecular weight is 268 g/mol. The summed E-state index contributed by atoms with van der Waals surface area (Å²) in [6.07, 6.45) is 0.952. The largest absolute Gasteiger partial charge is 0.312 e. The Morgan fingerprint density at radius 3 is 3.24 bits per heavy atom. The second-order valence-electron chi connectivity index (χ2n) is 4.15. The van der Waals surface area contributed by atoms with Crippen LogP contribution in [0.2, 0.25) is 0 Å². The van der Waals surface area contributed by atoms with E-state index in [0.29, 0.717) is 6.04 Å². The minimum Gasteiger partial charge on any atom is -0.312 e. The van der Waals surface area contributed by atoms with Crippen LogP contribution in [0, 0.1) is 5.82 Å². The first kappa shape index (κ1) is 11.4. The third-order valence-electron chi connectivity index (χ3n) is 2.81. The van der Waals surface area contributed by atoms with Gasteiger partial charge < -0.3 is 5.32 Å². The number of fused-ring (bicyclic) bond motifs is 1. The van der Waals surface area contributed by atoms with Gasteiger partial charge in [-0.25, -0.2) is 9.37 Å². The van der Waals surface area contributed by atoms with Crippen molar-refractivity contribution in [3.05, 3.63) is 29.0 Å². The molecule has 1 N–H and O–H groups in total. The van der Waals surface area contributed by atoms with E-state index in [0.717, 1.165) is 33.9 Å². The molecule has 1 aliphatic rings. The van der Waals surface area contributed by atoms with Crippen molar-refractivity contribution in [2.45, 2.75) is 12.5 Å². The molecular formula is C12H13FN2S2. The summed E-state index contributed by atoms with van der Waals surface area (Å²) in [6, 6.07) is 5.34. The van der Waals surface area contributed by atoms with Gasteiger partial charge >= 0.3 is 0 Å². The lowest BCUT2D eigenvalue weighted by atomic mass is 10.2. The fourth-order valence-corrected chi connectivity index (χ4v) is 3.97. The van der Waals surface area contributed by atoms with E-state index >= 15 is 0 Å². The highest BCUT2D eigenvalue weighted by molar-refractivity contribution is 7.99. The number of hydrogen-bond acceptors (Lipinski definition) is 4. The number of nitrogens with one attached hydrogen (secondary N) is 1. The first-order valence-corrected chi connectivity index (χ1v) is 7.64. The molecule has 2 nitrogen and oxygen atoms in total. The van der Waals surface area contributed by atoms with Gasteiger partial charge in [0, 0.05) is 36.6 Å². The molecule has 2 aromatic rings. The molecule has 1 unspecified atom stereocenters. The summed E-state index contributed by atoms with van der Waals surface area (Å²) in [7, 11) is 0. The van der Waals surface area contributed by atoms with Gasteiger partial charge in [0.15, 0.2) is 0 Å². The highest BCUT2D eigenvalue weighted by Gasteiger charge is 2.15. The van der Waals surface area contributed by atoms with Crippen LogP contribution in [0.4, 0.5) is 4.39 Å². The van der Waals surface area contributed by atoms with Gasteiger partial charge in [-0.1, -0.05) is 0 Å². The molecule has 1 saturated heterocycles. The van der Waals surface area contributed by atoms with E-state index in [1.54, 1.807) is 11.3 Å². The summed E-state index contributed by atoms with van der Waals surface area (Å²) in [6.45, 7) is 1.08. The van der Waals surface area contributed by atoms with E-state index in [1.807, 2.05) is 17.8 Å². The van der Waals surface area contributed by atoms with E-state index in [4.69, 9.17) is 0 Å². The molecule has 17 heavy (non-hydrogen) atoms. The number of nitrogens with zero attached hydrogens (tertiary/aromatic N) is 1. The van der Waals surface area contributed by atoms with Crippen LogP contribution in [-0.4, -0.2) is 29.1 Å². The Bertz CT molecular complexity index is 520. The van der Waals surface area contributed by atoms with Gasteiger partial charge in [-0.05, 0) is 12.1 Å². The summed E-state index contributed by atoms with van der Waals surface area (Å²) in [5.74, 6) is 2.13. The molecule has 0 aliphatic carbocycles. The Labute approximate surface area is 108 Å². The maximum Gasteiger partial charge on any atom is 0.125 e. The monoisotopic (exact) mass is 268 g/mol. The van der Waals surface area contributed by atoms with Crippen LogP contribution in [0.25, 0.3) is 10.2 Å². The first-order valence-electron chi connectivity index (χ1n) is 5.67. The number of halogens is 1.